The minimum absolute atomic E-state index is 0.0350. The lowest BCUT2D eigenvalue weighted by atomic mass is 10.0. The number of aryl methyl sites for hydroxylation is 2. The summed E-state index contributed by atoms with van der Waals surface area (Å²) in [6.07, 6.45) is 0. The molecule has 2 rings (SSSR count). The van der Waals surface area contributed by atoms with Crippen LogP contribution in [0.15, 0.2) is 27.2 Å². The highest BCUT2D eigenvalue weighted by Crippen LogP contribution is 2.23. The van der Waals surface area contributed by atoms with E-state index in [-0.39, 0.29) is 24.3 Å². The largest absolute Gasteiger partial charge is 0.360 e. The van der Waals surface area contributed by atoms with Crippen LogP contribution in [0.3, 0.4) is 0 Å². The highest BCUT2D eigenvalue weighted by atomic mass is 79.9. The quantitative estimate of drug-likeness (QED) is 0.815. The van der Waals surface area contributed by atoms with E-state index in [1.54, 1.807) is 14.0 Å². The first-order valence-corrected chi connectivity index (χ1v) is 8.77. The Hall–Kier alpha value is -2.15. The number of anilines is 1. The van der Waals surface area contributed by atoms with Crippen LogP contribution in [0.5, 0.6) is 0 Å². The predicted molar refractivity (Wildman–Crippen MR) is 99.8 cm³/mol. The number of hydrogen-bond acceptors (Lipinski definition) is 4. The van der Waals surface area contributed by atoms with Gasteiger partial charge in [0.1, 0.15) is 5.56 Å². The lowest BCUT2D eigenvalue weighted by Crippen LogP contribution is -2.35. The molecule has 0 bridgehead atoms. The molecular formula is C18H22BrN3O3. The maximum absolute atomic E-state index is 12.7. The molecule has 1 heterocycles. The summed E-state index contributed by atoms with van der Waals surface area (Å²) in [5, 5.41) is 6.71. The Morgan fingerprint density at radius 1 is 1.32 bits per heavy atom. The predicted octanol–water partition coefficient (Wildman–Crippen LogP) is 3.89. The second-order valence-corrected chi connectivity index (χ2v) is 7.25. The van der Waals surface area contributed by atoms with Crippen LogP contribution in [-0.4, -0.2) is 35.5 Å². The first-order valence-electron chi connectivity index (χ1n) is 7.98. The highest BCUT2D eigenvalue weighted by Gasteiger charge is 2.26. The van der Waals surface area contributed by atoms with E-state index in [4.69, 9.17) is 4.52 Å². The Labute approximate surface area is 155 Å². The zero-order chi connectivity index (χ0) is 18.7. The van der Waals surface area contributed by atoms with Gasteiger partial charge in [0.15, 0.2) is 5.76 Å². The zero-order valence-corrected chi connectivity index (χ0v) is 16.6. The van der Waals surface area contributed by atoms with E-state index in [2.05, 4.69) is 26.4 Å². The van der Waals surface area contributed by atoms with Crippen LogP contribution in [0.25, 0.3) is 0 Å². The fourth-order valence-corrected chi connectivity index (χ4v) is 2.95. The molecule has 2 aromatic rings. The molecular weight excluding hydrogens is 386 g/mol. The molecule has 0 radical (unpaired) electrons. The number of carbonyl (C=O) groups excluding carboxylic acids is 2. The molecule has 6 nitrogen and oxygen atoms in total. The fourth-order valence-electron chi connectivity index (χ4n) is 2.48. The van der Waals surface area contributed by atoms with Crippen molar-refractivity contribution in [2.75, 3.05) is 18.9 Å². The summed E-state index contributed by atoms with van der Waals surface area (Å²) in [4.78, 5) is 26.3. The molecule has 0 aliphatic rings. The summed E-state index contributed by atoms with van der Waals surface area (Å²) >= 11 is 3.39. The Bertz CT molecular complexity index is 799. The number of likely N-dealkylation sites (N-methyl/N-ethyl adjacent to an activating group) is 1. The van der Waals surface area contributed by atoms with Gasteiger partial charge in [-0.05, 0) is 37.6 Å². The number of carbonyl (C=O) groups is 2. The molecule has 25 heavy (non-hydrogen) atoms. The van der Waals surface area contributed by atoms with Crippen molar-refractivity contribution in [1.29, 1.82) is 0 Å². The Morgan fingerprint density at radius 2 is 2.00 bits per heavy atom. The van der Waals surface area contributed by atoms with Gasteiger partial charge < -0.3 is 14.7 Å². The lowest BCUT2D eigenvalue weighted by Gasteiger charge is -2.18. The first-order chi connectivity index (χ1) is 11.7. The number of halogens is 1. The third-order valence-electron chi connectivity index (χ3n) is 3.82. The summed E-state index contributed by atoms with van der Waals surface area (Å²) in [5.74, 6) is 0.0397. The van der Waals surface area contributed by atoms with Gasteiger partial charge in [0, 0.05) is 23.1 Å². The maximum atomic E-state index is 12.7. The van der Waals surface area contributed by atoms with Crippen molar-refractivity contribution in [1.82, 2.24) is 10.1 Å². The minimum Gasteiger partial charge on any atom is -0.360 e. The average Bonchev–Trinajstić information content (AvgIpc) is 2.91. The molecule has 1 aromatic heterocycles. The number of rotatable bonds is 5. The van der Waals surface area contributed by atoms with Crippen LogP contribution in [0.4, 0.5) is 5.69 Å². The second kappa shape index (κ2) is 7.82. The van der Waals surface area contributed by atoms with Gasteiger partial charge in [0.05, 0.1) is 12.2 Å². The van der Waals surface area contributed by atoms with Crippen LogP contribution in [-0.2, 0) is 4.79 Å². The maximum Gasteiger partial charge on any atom is 0.259 e. The molecule has 0 atom stereocenters. The minimum atomic E-state index is -0.273. The van der Waals surface area contributed by atoms with Crippen LogP contribution in [0.1, 0.15) is 47.1 Å². The van der Waals surface area contributed by atoms with Crippen molar-refractivity contribution in [3.05, 3.63) is 45.3 Å². The molecule has 1 aromatic carbocycles. The summed E-state index contributed by atoms with van der Waals surface area (Å²) in [6.45, 7) is 7.43. The zero-order valence-electron chi connectivity index (χ0n) is 15.0. The van der Waals surface area contributed by atoms with E-state index >= 15 is 0 Å². The molecule has 0 spiro atoms. The van der Waals surface area contributed by atoms with Crippen LogP contribution >= 0.6 is 15.9 Å². The molecule has 0 aliphatic carbocycles. The van der Waals surface area contributed by atoms with Crippen molar-refractivity contribution in [3.63, 3.8) is 0 Å². The van der Waals surface area contributed by atoms with E-state index < -0.39 is 0 Å². The molecule has 0 fully saturated rings. The van der Waals surface area contributed by atoms with Gasteiger partial charge in [0.2, 0.25) is 5.91 Å². The number of hydrogen-bond donors (Lipinski definition) is 1. The van der Waals surface area contributed by atoms with Gasteiger partial charge in [-0.2, -0.15) is 0 Å². The van der Waals surface area contributed by atoms with Gasteiger partial charge in [0.25, 0.3) is 5.91 Å². The van der Waals surface area contributed by atoms with Crippen LogP contribution < -0.4 is 5.32 Å². The molecule has 2 amide bonds. The van der Waals surface area contributed by atoms with Crippen molar-refractivity contribution in [3.8, 4) is 0 Å². The van der Waals surface area contributed by atoms with Gasteiger partial charge in [-0.25, -0.2) is 0 Å². The highest BCUT2D eigenvalue weighted by molar-refractivity contribution is 9.10. The summed E-state index contributed by atoms with van der Waals surface area (Å²) in [5.41, 5.74) is 2.63. The summed E-state index contributed by atoms with van der Waals surface area (Å²) < 4.78 is 6.20. The van der Waals surface area contributed by atoms with Crippen LogP contribution in [0, 0.1) is 13.8 Å². The van der Waals surface area contributed by atoms with Crippen molar-refractivity contribution in [2.24, 2.45) is 0 Å². The summed E-state index contributed by atoms with van der Waals surface area (Å²) in [6, 6.07) is 5.59. The number of amides is 2. The number of nitrogens with zero attached hydrogens (tertiary/aromatic N) is 2. The Balaban J connectivity index is 2.08. The summed E-state index contributed by atoms with van der Waals surface area (Å²) in [7, 11) is 1.59. The molecule has 0 aliphatic heterocycles. The van der Waals surface area contributed by atoms with E-state index in [1.165, 1.54) is 4.90 Å². The first kappa shape index (κ1) is 19.2. The van der Waals surface area contributed by atoms with Crippen LogP contribution in [0.2, 0.25) is 0 Å². The van der Waals surface area contributed by atoms with E-state index in [9.17, 15) is 9.59 Å². The van der Waals surface area contributed by atoms with E-state index in [0.717, 1.165) is 15.7 Å². The molecule has 134 valence electrons. The number of nitrogens with one attached hydrogen (secondary N) is 1. The average molecular weight is 408 g/mol. The second-order valence-electron chi connectivity index (χ2n) is 6.33. The lowest BCUT2D eigenvalue weighted by molar-refractivity contribution is -0.116. The van der Waals surface area contributed by atoms with Crippen molar-refractivity contribution < 1.29 is 14.1 Å². The van der Waals surface area contributed by atoms with Gasteiger partial charge in [-0.1, -0.05) is 34.9 Å². The normalized spacial score (nSPS) is 10.8. The van der Waals surface area contributed by atoms with Gasteiger partial charge in [-0.15, -0.1) is 0 Å². The third-order valence-corrected chi connectivity index (χ3v) is 4.31. The van der Waals surface area contributed by atoms with Crippen molar-refractivity contribution in [2.45, 2.75) is 33.6 Å². The molecule has 7 heteroatoms. The molecule has 0 saturated heterocycles. The van der Waals surface area contributed by atoms with Crippen molar-refractivity contribution >= 4 is 33.4 Å². The fraction of sp³-hybridized carbons (Fsp3) is 0.389. The monoisotopic (exact) mass is 407 g/mol. The SMILES string of the molecule is Cc1cc(Br)ccc1NC(=O)CN(C)C(=O)c1c(C)noc1C(C)C. The Morgan fingerprint density at radius 3 is 2.60 bits per heavy atom. The van der Waals surface area contributed by atoms with E-state index in [1.807, 2.05) is 39.0 Å². The number of benzene rings is 1. The van der Waals surface area contributed by atoms with Gasteiger partial charge >= 0.3 is 0 Å². The standard InChI is InChI=1S/C18H22BrN3O3/c1-10(2)17-16(12(4)21-25-17)18(24)22(5)9-15(23)20-14-7-6-13(19)8-11(14)3/h6-8,10H,9H2,1-5H3,(H,20,23). The van der Waals surface area contributed by atoms with E-state index in [0.29, 0.717) is 17.0 Å². The topological polar surface area (TPSA) is 75.4 Å². The van der Waals surface area contributed by atoms with Gasteiger partial charge in [-0.3, -0.25) is 9.59 Å². The smallest absolute Gasteiger partial charge is 0.259 e. The number of aromatic nitrogens is 1. The Kier molecular flexibility index (Phi) is 6.00. The molecule has 0 unspecified atom stereocenters. The third kappa shape index (κ3) is 4.48. The molecule has 1 N–H and O–H groups in total. The molecule has 0 saturated carbocycles.